The molecule has 0 aliphatic carbocycles. The normalized spacial score (nSPS) is 10.2. The molecule has 1 aromatic heterocycles. The summed E-state index contributed by atoms with van der Waals surface area (Å²) in [4.78, 5) is 26.9. The molecule has 94 valence electrons. The number of carbonyl (C=O) groups is 2. The fourth-order valence-electron chi connectivity index (χ4n) is 1.30. The highest BCUT2D eigenvalue weighted by atomic mass is 32.1. The number of unbranched alkanes of at least 4 members (excludes halogenated alkanes) is 1. The Kier molecular flexibility index (Phi) is 5.09. The van der Waals surface area contributed by atoms with Crippen LogP contribution in [0.4, 0.5) is 5.13 Å². The maximum absolute atomic E-state index is 11.5. The Morgan fingerprint density at radius 1 is 1.47 bits per heavy atom. The minimum Gasteiger partial charge on any atom is -0.481 e. The summed E-state index contributed by atoms with van der Waals surface area (Å²) >= 11 is 1.23. The number of hydrogen-bond acceptors (Lipinski definition) is 4. The quantitative estimate of drug-likeness (QED) is 0.817. The number of nitrogens with one attached hydrogen (secondary N) is 1. The second kappa shape index (κ2) is 6.34. The van der Waals surface area contributed by atoms with E-state index in [1.54, 1.807) is 6.92 Å². The molecule has 0 bridgehead atoms. The first kappa shape index (κ1) is 13.6. The molecule has 1 amide bonds. The zero-order chi connectivity index (χ0) is 12.8. The Morgan fingerprint density at radius 3 is 2.76 bits per heavy atom. The van der Waals surface area contributed by atoms with Gasteiger partial charge < -0.3 is 10.4 Å². The molecule has 6 heteroatoms. The lowest BCUT2D eigenvalue weighted by Crippen LogP contribution is -2.10. The highest BCUT2D eigenvalue weighted by molar-refractivity contribution is 7.16. The summed E-state index contributed by atoms with van der Waals surface area (Å²) in [6.45, 7) is 3.77. The van der Waals surface area contributed by atoms with E-state index in [0.29, 0.717) is 22.1 Å². The SMILES string of the molecule is CCCCC(=O)Nc1nc(C)c(CC(=O)O)s1. The molecular weight excluding hydrogens is 240 g/mol. The summed E-state index contributed by atoms with van der Waals surface area (Å²) in [5.41, 5.74) is 0.670. The van der Waals surface area contributed by atoms with E-state index in [2.05, 4.69) is 10.3 Å². The van der Waals surface area contributed by atoms with Crippen molar-refractivity contribution in [1.82, 2.24) is 4.98 Å². The molecule has 2 N–H and O–H groups in total. The molecule has 5 nitrogen and oxygen atoms in total. The molecule has 0 aliphatic rings. The zero-order valence-electron chi connectivity index (χ0n) is 9.95. The fraction of sp³-hybridized carbons (Fsp3) is 0.545. The number of carbonyl (C=O) groups excluding carboxylic acids is 1. The standard InChI is InChI=1S/C11H16N2O3S/c1-3-4-5-9(14)13-11-12-7(2)8(17-11)6-10(15)16/h3-6H2,1-2H3,(H,15,16)(H,12,13,14). The van der Waals surface area contributed by atoms with Crippen LogP contribution in [0, 0.1) is 6.92 Å². The molecule has 0 unspecified atom stereocenters. The van der Waals surface area contributed by atoms with Crippen molar-refractivity contribution in [3.05, 3.63) is 10.6 Å². The van der Waals surface area contributed by atoms with Crippen molar-refractivity contribution in [1.29, 1.82) is 0 Å². The molecule has 0 aliphatic heterocycles. The van der Waals surface area contributed by atoms with Gasteiger partial charge in [0.15, 0.2) is 5.13 Å². The molecule has 17 heavy (non-hydrogen) atoms. The number of thiazole rings is 1. The number of nitrogens with zero attached hydrogens (tertiary/aromatic N) is 1. The predicted octanol–water partition coefficient (Wildman–Crippen LogP) is 2.21. The highest BCUT2D eigenvalue weighted by Crippen LogP contribution is 2.23. The van der Waals surface area contributed by atoms with Crippen LogP contribution in [0.2, 0.25) is 0 Å². The van der Waals surface area contributed by atoms with Crippen LogP contribution in [0.5, 0.6) is 0 Å². The van der Waals surface area contributed by atoms with E-state index in [0.717, 1.165) is 12.8 Å². The van der Waals surface area contributed by atoms with E-state index in [4.69, 9.17) is 5.11 Å². The molecule has 0 aromatic carbocycles. The molecule has 0 saturated carbocycles. The van der Waals surface area contributed by atoms with E-state index in [-0.39, 0.29) is 12.3 Å². The lowest BCUT2D eigenvalue weighted by Gasteiger charge is -1.99. The summed E-state index contributed by atoms with van der Waals surface area (Å²) in [7, 11) is 0. The smallest absolute Gasteiger partial charge is 0.308 e. The van der Waals surface area contributed by atoms with Crippen molar-refractivity contribution in [2.45, 2.75) is 39.5 Å². The first-order valence-electron chi connectivity index (χ1n) is 5.51. The number of anilines is 1. The van der Waals surface area contributed by atoms with Gasteiger partial charge in [-0.3, -0.25) is 9.59 Å². The number of carboxylic acid groups (broad SMARTS) is 1. The number of aryl methyl sites for hydroxylation is 1. The van der Waals surface area contributed by atoms with E-state index in [9.17, 15) is 9.59 Å². The van der Waals surface area contributed by atoms with Crippen molar-refractivity contribution in [3.8, 4) is 0 Å². The number of carboxylic acids is 1. The Morgan fingerprint density at radius 2 is 2.18 bits per heavy atom. The second-order valence-electron chi connectivity index (χ2n) is 3.75. The molecule has 0 spiro atoms. The van der Waals surface area contributed by atoms with Gasteiger partial charge in [0.2, 0.25) is 5.91 Å². The maximum atomic E-state index is 11.5. The third kappa shape index (κ3) is 4.52. The van der Waals surface area contributed by atoms with Crippen LogP contribution >= 0.6 is 11.3 Å². The average Bonchev–Trinajstić information content (AvgIpc) is 2.55. The summed E-state index contributed by atoms with van der Waals surface area (Å²) in [5.74, 6) is -0.955. The van der Waals surface area contributed by atoms with E-state index < -0.39 is 5.97 Å². The van der Waals surface area contributed by atoms with E-state index in [1.165, 1.54) is 11.3 Å². The van der Waals surface area contributed by atoms with Crippen molar-refractivity contribution in [2.24, 2.45) is 0 Å². The topological polar surface area (TPSA) is 79.3 Å². The zero-order valence-corrected chi connectivity index (χ0v) is 10.8. The monoisotopic (exact) mass is 256 g/mol. The van der Waals surface area contributed by atoms with Crippen molar-refractivity contribution in [3.63, 3.8) is 0 Å². The first-order chi connectivity index (χ1) is 8.02. The van der Waals surface area contributed by atoms with Gasteiger partial charge in [-0.15, -0.1) is 11.3 Å². The molecular formula is C11H16N2O3S. The molecule has 1 rings (SSSR count). The van der Waals surface area contributed by atoms with Gasteiger partial charge in [-0.25, -0.2) is 4.98 Å². The number of amides is 1. The van der Waals surface area contributed by atoms with Gasteiger partial charge >= 0.3 is 5.97 Å². The number of aliphatic carboxylic acids is 1. The van der Waals surface area contributed by atoms with Crippen LogP contribution in [0.25, 0.3) is 0 Å². The van der Waals surface area contributed by atoms with Gasteiger partial charge in [-0.1, -0.05) is 13.3 Å². The summed E-state index contributed by atoms with van der Waals surface area (Å²) < 4.78 is 0. The molecule has 0 fully saturated rings. The third-order valence-corrected chi connectivity index (χ3v) is 3.28. The summed E-state index contributed by atoms with van der Waals surface area (Å²) in [6, 6.07) is 0. The maximum Gasteiger partial charge on any atom is 0.308 e. The molecule has 0 atom stereocenters. The molecule has 1 heterocycles. The van der Waals surface area contributed by atoms with E-state index in [1.807, 2.05) is 6.92 Å². The van der Waals surface area contributed by atoms with Crippen LogP contribution in [0.3, 0.4) is 0 Å². The van der Waals surface area contributed by atoms with Gasteiger partial charge in [-0.05, 0) is 13.3 Å². The van der Waals surface area contributed by atoms with Crippen LogP contribution in [0.15, 0.2) is 0 Å². The predicted molar refractivity (Wildman–Crippen MR) is 66.3 cm³/mol. The molecule has 0 saturated heterocycles. The van der Waals surface area contributed by atoms with Gasteiger partial charge in [0.05, 0.1) is 12.1 Å². The largest absolute Gasteiger partial charge is 0.481 e. The lowest BCUT2D eigenvalue weighted by molar-refractivity contribution is -0.136. The number of aromatic nitrogens is 1. The van der Waals surface area contributed by atoms with E-state index >= 15 is 0 Å². The van der Waals surface area contributed by atoms with Crippen LogP contribution in [0.1, 0.15) is 36.8 Å². The lowest BCUT2D eigenvalue weighted by atomic mass is 10.2. The Balaban J connectivity index is 2.60. The highest BCUT2D eigenvalue weighted by Gasteiger charge is 2.12. The molecule has 0 radical (unpaired) electrons. The van der Waals surface area contributed by atoms with Gasteiger partial charge in [-0.2, -0.15) is 0 Å². The molecule has 1 aromatic rings. The minimum atomic E-state index is -0.888. The summed E-state index contributed by atoms with van der Waals surface area (Å²) in [6.07, 6.45) is 2.24. The van der Waals surface area contributed by atoms with Gasteiger partial charge in [0.1, 0.15) is 0 Å². The van der Waals surface area contributed by atoms with Crippen molar-refractivity contribution < 1.29 is 14.7 Å². The Bertz CT molecular complexity index is 415. The van der Waals surface area contributed by atoms with Crippen molar-refractivity contribution in [2.75, 3.05) is 5.32 Å². The van der Waals surface area contributed by atoms with Crippen molar-refractivity contribution >= 4 is 28.3 Å². The number of rotatable bonds is 6. The average molecular weight is 256 g/mol. The Hall–Kier alpha value is -1.43. The third-order valence-electron chi connectivity index (χ3n) is 2.21. The van der Waals surface area contributed by atoms with Crippen LogP contribution in [-0.4, -0.2) is 22.0 Å². The second-order valence-corrected chi connectivity index (χ2v) is 4.83. The van der Waals surface area contributed by atoms with Gasteiger partial charge in [0, 0.05) is 11.3 Å². The first-order valence-corrected chi connectivity index (χ1v) is 6.32. The minimum absolute atomic E-state index is 0.0473. The number of hydrogen-bond donors (Lipinski definition) is 2. The van der Waals surface area contributed by atoms with Crippen LogP contribution < -0.4 is 5.32 Å². The van der Waals surface area contributed by atoms with Gasteiger partial charge in [0.25, 0.3) is 0 Å². The summed E-state index contributed by atoms with van der Waals surface area (Å²) in [5, 5.41) is 11.9. The fourth-order valence-corrected chi connectivity index (χ4v) is 2.27. The van der Waals surface area contributed by atoms with Crippen LogP contribution in [-0.2, 0) is 16.0 Å². The Labute approximate surface area is 104 Å².